The van der Waals surface area contributed by atoms with Gasteiger partial charge in [-0.3, -0.25) is 4.79 Å². The van der Waals surface area contributed by atoms with Crippen LogP contribution >= 0.6 is 46.6 Å². The first-order valence-corrected chi connectivity index (χ1v) is 11.8. The molecule has 0 bridgehead atoms. The van der Waals surface area contributed by atoms with Crippen LogP contribution in [0.1, 0.15) is 11.1 Å². The van der Waals surface area contributed by atoms with Gasteiger partial charge in [0.2, 0.25) is 0 Å². The Labute approximate surface area is 208 Å². The highest BCUT2D eigenvalue weighted by Gasteiger charge is 2.11. The average molecular weight is 521 g/mol. The van der Waals surface area contributed by atoms with Gasteiger partial charge in [0.15, 0.2) is 11.3 Å². The summed E-state index contributed by atoms with van der Waals surface area (Å²) in [6, 6.07) is 18.0. The number of oxazole rings is 1. The van der Waals surface area contributed by atoms with Crippen LogP contribution < -0.4 is 10.2 Å². The van der Waals surface area contributed by atoms with Crippen molar-refractivity contribution in [2.45, 2.75) is 11.8 Å². The van der Waals surface area contributed by atoms with E-state index in [-0.39, 0.29) is 18.3 Å². The fourth-order valence-corrected chi connectivity index (χ4v) is 4.24. The zero-order valence-corrected chi connectivity index (χ0v) is 20.0. The van der Waals surface area contributed by atoms with Crippen LogP contribution in [0.3, 0.4) is 0 Å². The van der Waals surface area contributed by atoms with Crippen LogP contribution in [0.4, 0.5) is 0 Å². The highest BCUT2D eigenvalue weighted by atomic mass is 35.5. The van der Waals surface area contributed by atoms with E-state index in [2.05, 4.69) is 15.5 Å². The quantitative estimate of drug-likeness (QED) is 0.161. The molecule has 1 N–H and O–H groups in total. The van der Waals surface area contributed by atoms with Crippen molar-refractivity contribution in [3.05, 3.63) is 86.9 Å². The van der Waals surface area contributed by atoms with Gasteiger partial charge in [0.25, 0.3) is 11.1 Å². The molecule has 168 valence electrons. The molecule has 10 heteroatoms. The molecule has 1 heterocycles. The maximum atomic E-state index is 12.1. The van der Waals surface area contributed by atoms with Gasteiger partial charge in [-0.2, -0.15) is 5.10 Å². The Hall–Kier alpha value is -2.71. The molecule has 0 unspecified atom stereocenters. The number of nitrogens with one attached hydrogen (secondary N) is 1. The van der Waals surface area contributed by atoms with Crippen molar-refractivity contribution in [2.24, 2.45) is 5.10 Å². The fourth-order valence-electron chi connectivity index (χ4n) is 2.81. The minimum Gasteiger partial charge on any atom is -0.486 e. The Morgan fingerprint density at radius 1 is 1.06 bits per heavy atom. The molecule has 1 amide bonds. The van der Waals surface area contributed by atoms with E-state index in [9.17, 15) is 4.79 Å². The Bertz CT molecular complexity index is 1270. The van der Waals surface area contributed by atoms with Gasteiger partial charge in [-0.15, -0.1) is 0 Å². The number of thioether (sulfide) groups is 1. The van der Waals surface area contributed by atoms with Crippen LogP contribution in [0.25, 0.3) is 11.1 Å². The molecule has 4 rings (SSSR count). The predicted molar refractivity (Wildman–Crippen MR) is 133 cm³/mol. The predicted octanol–water partition coefficient (Wildman–Crippen LogP) is 6.61. The summed E-state index contributed by atoms with van der Waals surface area (Å²) in [5.41, 5.74) is 5.28. The second kappa shape index (κ2) is 10.9. The summed E-state index contributed by atoms with van der Waals surface area (Å²) in [6.45, 7) is 0.223. The normalized spacial score (nSPS) is 11.2. The van der Waals surface area contributed by atoms with Crippen LogP contribution in [0.2, 0.25) is 15.1 Å². The Morgan fingerprint density at radius 3 is 2.55 bits per heavy atom. The van der Waals surface area contributed by atoms with Crippen molar-refractivity contribution in [3.8, 4) is 5.75 Å². The Kier molecular flexibility index (Phi) is 7.77. The molecule has 0 atom stereocenters. The Morgan fingerprint density at radius 2 is 1.79 bits per heavy atom. The Balaban J connectivity index is 1.31. The molecule has 6 nitrogen and oxygen atoms in total. The van der Waals surface area contributed by atoms with E-state index >= 15 is 0 Å². The highest BCUT2D eigenvalue weighted by molar-refractivity contribution is 7.99. The number of benzene rings is 3. The maximum absolute atomic E-state index is 12.1. The number of hydrogen-bond donors (Lipinski definition) is 1. The van der Waals surface area contributed by atoms with Gasteiger partial charge >= 0.3 is 0 Å². The number of nitrogens with zero attached hydrogens (tertiary/aromatic N) is 2. The number of carbonyl (C=O) groups excluding carboxylic acids is 1. The summed E-state index contributed by atoms with van der Waals surface area (Å²) in [5, 5.41) is 5.59. The maximum Gasteiger partial charge on any atom is 0.257 e. The van der Waals surface area contributed by atoms with Gasteiger partial charge in [0, 0.05) is 10.6 Å². The fraction of sp³-hybridized carbons (Fsp3) is 0.0870. The van der Waals surface area contributed by atoms with Crippen LogP contribution in [-0.2, 0) is 11.4 Å². The molecule has 1 aromatic heterocycles. The number of rotatable bonds is 8. The van der Waals surface area contributed by atoms with Gasteiger partial charge < -0.3 is 9.15 Å². The van der Waals surface area contributed by atoms with E-state index in [0.717, 1.165) is 11.1 Å². The van der Waals surface area contributed by atoms with Gasteiger partial charge in [-0.25, -0.2) is 10.4 Å². The first kappa shape index (κ1) is 23.4. The van der Waals surface area contributed by atoms with Crippen molar-refractivity contribution in [1.29, 1.82) is 0 Å². The topological polar surface area (TPSA) is 76.7 Å². The zero-order chi connectivity index (χ0) is 23.2. The summed E-state index contributed by atoms with van der Waals surface area (Å²) in [4.78, 5) is 16.4. The van der Waals surface area contributed by atoms with E-state index in [4.69, 9.17) is 44.0 Å². The van der Waals surface area contributed by atoms with Crippen molar-refractivity contribution in [3.63, 3.8) is 0 Å². The lowest BCUT2D eigenvalue weighted by Crippen LogP contribution is -2.19. The summed E-state index contributed by atoms with van der Waals surface area (Å²) < 4.78 is 11.3. The molecule has 33 heavy (non-hydrogen) atoms. The molecule has 0 fully saturated rings. The number of halogens is 3. The molecule has 4 aromatic rings. The van der Waals surface area contributed by atoms with Crippen molar-refractivity contribution in [1.82, 2.24) is 10.4 Å². The smallest absolute Gasteiger partial charge is 0.257 e. The lowest BCUT2D eigenvalue weighted by Gasteiger charge is -2.11. The van der Waals surface area contributed by atoms with E-state index in [0.29, 0.717) is 37.2 Å². The van der Waals surface area contributed by atoms with Crippen molar-refractivity contribution in [2.75, 3.05) is 5.75 Å². The second-order valence-corrected chi connectivity index (χ2v) is 8.87. The van der Waals surface area contributed by atoms with Crippen molar-refractivity contribution >= 4 is 69.8 Å². The number of hydrazone groups is 1. The number of aromatic nitrogens is 1. The van der Waals surface area contributed by atoms with Gasteiger partial charge in [0.05, 0.1) is 22.0 Å². The van der Waals surface area contributed by atoms with Crippen LogP contribution in [0, 0.1) is 0 Å². The first-order valence-electron chi connectivity index (χ1n) is 9.65. The third kappa shape index (κ3) is 6.21. The molecule has 0 radical (unpaired) electrons. The minimum absolute atomic E-state index is 0.0977. The summed E-state index contributed by atoms with van der Waals surface area (Å²) in [6.07, 6.45) is 1.44. The lowest BCUT2D eigenvalue weighted by atomic mass is 10.2. The second-order valence-electron chi connectivity index (χ2n) is 6.72. The lowest BCUT2D eigenvalue weighted by molar-refractivity contribution is -0.118. The van der Waals surface area contributed by atoms with Crippen LogP contribution in [0.5, 0.6) is 5.75 Å². The van der Waals surface area contributed by atoms with Gasteiger partial charge in [0.1, 0.15) is 12.1 Å². The van der Waals surface area contributed by atoms with Crippen LogP contribution in [-0.4, -0.2) is 22.9 Å². The molecule has 0 spiro atoms. The highest BCUT2D eigenvalue weighted by Crippen LogP contribution is 2.35. The molecular weight excluding hydrogens is 505 g/mol. The van der Waals surface area contributed by atoms with Crippen molar-refractivity contribution < 1.29 is 13.9 Å². The minimum atomic E-state index is -0.310. The molecule has 0 aliphatic heterocycles. The van der Waals surface area contributed by atoms with Gasteiger partial charge in [-0.05, 0) is 35.9 Å². The zero-order valence-electron chi connectivity index (χ0n) is 16.9. The number of fused-ring (bicyclic) bond motifs is 1. The summed E-state index contributed by atoms with van der Waals surface area (Å²) in [7, 11) is 0. The third-order valence-electron chi connectivity index (χ3n) is 4.35. The standard InChI is InChI=1S/C23H16Cl3N3O3S/c24-16-6-2-1-5-15(16)12-31-22-17(25)9-14(10-18(22)26)11-27-29-21(30)13-33-23-28-19-7-3-4-8-20(19)32-23/h1-11H,12-13H2,(H,29,30)/b27-11-. The van der Waals surface area contributed by atoms with E-state index in [1.807, 2.05) is 42.5 Å². The van der Waals surface area contributed by atoms with Crippen LogP contribution in [0.15, 0.2) is 75.4 Å². The summed E-state index contributed by atoms with van der Waals surface area (Å²) in [5.74, 6) is 0.130. The van der Waals surface area contributed by atoms with E-state index in [1.54, 1.807) is 18.2 Å². The average Bonchev–Trinajstić information content (AvgIpc) is 3.21. The van der Waals surface area contributed by atoms with E-state index in [1.165, 1.54) is 18.0 Å². The number of para-hydroxylation sites is 2. The third-order valence-corrected chi connectivity index (χ3v) is 6.11. The number of amides is 1. The molecule has 0 saturated carbocycles. The molecule has 0 aliphatic carbocycles. The molecule has 3 aromatic carbocycles. The van der Waals surface area contributed by atoms with Gasteiger partial charge in [-0.1, -0.05) is 76.9 Å². The molecular formula is C23H16Cl3N3O3S. The summed E-state index contributed by atoms with van der Waals surface area (Å²) >= 11 is 20.0. The monoisotopic (exact) mass is 519 g/mol. The number of hydrogen-bond acceptors (Lipinski definition) is 6. The number of carbonyl (C=O) groups is 1. The molecule has 0 saturated heterocycles. The SMILES string of the molecule is O=C(CSc1nc2ccccc2o1)N/N=C\c1cc(Cl)c(OCc2ccccc2Cl)c(Cl)c1. The molecule has 0 aliphatic rings. The number of ether oxygens (including phenoxy) is 1. The first-order chi connectivity index (χ1) is 16.0. The largest absolute Gasteiger partial charge is 0.486 e. The van der Waals surface area contributed by atoms with E-state index < -0.39 is 0 Å².